The van der Waals surface area contributed by atoms with Gasteiger partial charge in [-0.15, -0.1) is 0 Å². The molecule has 104 valence electrons. The zero-order valence-corrected chi connectivity index (χ0v) is 12.3. The number of halogens is 2. The third-order valence-electron chi connectivity index (χ3n) is 4.11. The third-order valence-corrected chi connectivity index (χ3v) is 4.72. The molecule has 2 fully saturated rings. The van der Waals surface area contributed by atoms with Gasteiger partial charge >= 0.3 is 0 Å². The molecule has 1 aromatic rings. The maximum atomic E-state index is 13.8. The smallest absolute Gasteiger partial charge is 0.139 e. The predicted octanol–water partition coefficient (Wildman–Crippen LogP) is 3.32. The van der Waals surface area contributed by atoms with Crippen LogP contribution >= 0.6 is 15.9 Å². The van der Waals surface area contributed by atoms with Crippen molar-refractivity contribution < 1.29 is 9.13 Å². The van der Waals surface area contributed by atoms with Crippen LogP contribution in [0, 0.1) is 5.82 Å². The molecule has 0 radical (unpaired) electrons. The lowest BCUT2D eigenvalue weighted by molar-refractivity contribution is -0.00864. The van der Waals surface area contributed by atoms with E-state index < -0.39 is 0 Å². The molecule has 1 heterocycles. The maximum absolute atomic E-state index is 13.8. The predicted molar refractivity (Wildman–Crippen MR) is 77.9 cm³/mol. The van der Waals surface area contributed by atoms with E-state index in [4.69, 9.17) is 10.5 Å². The van der Waals surface area contributed by atoms with Crippen molar-refractivity contribution in [2.24, 2.45) is 0 Å². The Morgan fingerprint density at radius 3 is 2.95 bits per heavy atom. The van der Waals surface area contributed by atoms with Crippen molar-refractivity contribution in [3.8, 4) is 0 Å². The van der Waals surface area contributed by atoms with Gasteiger partial charge in [0.15, 0.2) is 0 Å². The first-order valence-corrected chi connectivity index (χ1v) is 7.59. The Morgan fingerprint density at radius 1 is 1.32 bits per heavy atom. The van der Waals surface area contributed by atoms with E-state index in [9.17, 15) is 4.39 Å². The minimum absolute atomic E-state index is 0.261. The molecule has 0 spiro atoms. The van der Waals surface area contributed by atoms with Crippen LogP contribution in [0.2, 0.25) is 0 Å². The summed E-state index contributed by atoms with van der Waals surface area (Å²) in [5, 5.41) is 0. The number of anilines is 2. The van der Waals surface area contributed by atoms with Crippen LogP contribution in [0.5, 0.6) is 0 Å². The van der Waals surface area contributed by atoms with Crippen molar-refractivity contribution >= 4 is 27.3 Å². The van der Waals surface area contributed by atoms with Gasteiger partial charge in [-0.2, -0.15) is 0 Å². The summed E-state index contributed by atoms with van der Waals surface area (Å²) in [7, 11) is 0. The molecule has 1 aromatic carbocycles. The summed E-state index contributed by atoms with van der Waals surface area (Å²) in [6, 6.07) is 3.53. The van der Waals surface area contributed by atoms with E-state index in [1.54, 1.807) is 6.07 Å². The molecule has 19 heavy (non-hydrogen) atoms. The van der Waals surface area contributed by atoms with Crippen LogP contribution in [0.15, 0.2) is 16.6 Å². The topological polar surface area (TPSA) is 38.5 Å². The number of hydrogen-bond acceptors (Lipinski definition) is 3. The summed E-state index contributed by atoms with van der Waals surface area (Å²) < 4.78 is 20.0. The molecular weight excluding hydrogens is 311 g/mol. The first kappa shape index (κ1) is 13.2. The van der Waals surface area contributed by atoms with E-state index in [0.717, 1.165) is 25.1 Å². The van der Waals surface area contributed by atoms with E-state index in [-0.39, 0.29) is 11.9 Å². The molecule has 2 N–H and O–H groups in total. The Hall–Kier alpha value is -0.810. The molecule has 1 saturated heterocycles. The monoisotopic (exact) mass is 328 g/mol. The van der Waals surface area contributed by atoms with E-state index in [1.165, 1.54) is 18.9 Å². The van der Waals surface area contributed by atoms with Crippen LogP contribution in [0.3, 0.4) is 0 Å². The lowest BCUT2D eigenvalue weighted by Gasteiger charge is -2.45. The molecule has 1 saturated carbocycles. The largest absolute Gasteiger partial charge is 0.397 e. The van der Waals surface area contributed by atoms with E-state index in [0.29, 0.717) is 22.8 Å². The summed E-state index contributed by atoms with van der Waals surface area (Å²) in [4.78, 5) is 2.23. The first-order valence-electron chi connectivity index (χ1n) is 6.79. The summed E-state index contributed by atoms with van der Waals surface area (Å²) in [6.45, 7) is 1.48. The average molecular weight is 329 g/mol. The Kier molecular flexibility index (Phi) is 3.67. The number of morpholine rings is 1. The number of rotatable bonds is 1. The van der Waals surface area contributed by atoms with Crippen molar-refractivity contribution in [1.29, 1.82) is 0 Å². The third kappa shape index (κ3) is 2.46. The quantitative estimate of drug-likeness (QED) is 0.804. The fourth-order valence-corrected chi connectivity index (χ4v) is 3.56. The van der Waals surface area contributed by atoms with Gasteiger partial charge in [0.05, 0.1) is 34.6 Å². The highest BCUT2D eigenvalue weighted by Crippen LogP contribution is 2.36. The number of hydrogen-bond donors (Lipinski definition) is 1. The summed E-state index contributed by atoms with van der Waals surface area (Å²) in [5.41, 5.74) is 7.49. The highest BCUT2D eigenvalue weighted by Gasteiger charge is 2.35. The molecule has 3 nitrogen and oxygen atoms in total. The Labute approximate surface area is 121 Å². The molecule has 2 unspecified atom stereocenters. The van der Waals surface area contributed by atoms with Crippen LogP contribution in [-0.2, 0) is 4.74 Å². The minimum atomic E-state index is -0.261. The number of fused-ring (bicyclic) bond motifs is 1. The Bertz CT molecular complexity index is 481. The molecule has 1 aliphatic heterocycles. The standard InChI is InChI=1S/C14H18BrFN2O/c15-9-7-11(17)13(8-10(9)16)18-5-6-19-14-4-2-1-3-12(14)18/h7-8,12,14H,1-6,17H2. The maximum Gasteiger partial charge on any atom is 0.139 e. The van der Waals surface area contributed by atoms with Crippen LogP contribution in [-0.4, -0.2) is 25.3 Å². The normalized spacial score (nSPS) is 27.2. The van der Waals surface area contributed by atoms with Gasteiger partial charge < -0.3 is 15.4 Å². The van der Waals surface area contributed by atoms with Gasteiger partial charge in [-0.05, 0) is 34.8 Å². The molecule has 0 aromatic heterocycles. The highest BCUT2D eigenvalue weighted by atomic mass is 79.9. The van der Waals surface area contributed by atoms with Crippen LogP contribution < -0.4 is 10.6 Å². The molecule has 3 rings (SSSR count). The molecule has 5 heteroatoms. The zero-order chi connectivity index (χ0) is 13.4. The molecule has 2 atom stereocenters. The number of nitrogen functional groups attached to an aromatic ring is 1. The second kappa shape index (κ2) is 5.29. The fourth-order valence-electron chi connectivity index (χ4n) is 3.20. The van der Waals surface area contributed by atoms with Crippen LogP contribution in [0.1, 0.15) is 25.7 Å². The van der Waals surface area contributed by atoms with Crippen molar-refractivity contribution in [2.75, 3.05) is 23.8 Å². The second-order valence-corrected chi connectivity index (χ2v) is 6.13. The number of nitrogens with zero attached hydrogens (tertiary/aromatic N) is 1. The average Bonchev–Trinajstić information content (AvgIpc) is 2.42. The summed E-state index contributed by atoms with van der Waals surface area (Å²) >= 11 is 3.17. The van der Waals surface area contributed by atoms with Gasteiger partial charge in [-0.25, -0.2) is 4.39 Å². The van der Waals surface area contributed by atoms with Crippen molar-refractivity contribution in [1.82, 2.24) is 0 Å². The Balaban J connectivity index is 1.93. The van der Waals surface area contributed by atoms with Gasteiger partial charge in [0.25, 0.3) is 0 Å². The molecule has 1 aliphatic carbocycles. The SMILES string of the molecule is Nc1cc(Br)c(F)cc1N1CCOC2CCCCC21. The lowest BCUT2D eigenvalue weighted by atomic mass is 9.89. The lowest BCUT2D eigenvalue weighted by Crippen LogP contribution is -2.53. The fraction of sp³-hybridized carbons (Fsp3) is 0.571. The van der Waals surface area contributed by atoms with Crippen molar-refractivity contribution in [3.63, 3.8) is 0 Å². The highest BCUT2D eigenvalue weighted by molar-refractivity contribution is 9.10. The van der Waals surface area contributed by atoms with Gasteiger partial charge in [0.2, 0.25) is 0 Å². The summed E-state index contributed by atoms with van der Waals surface area (Å²) in [5.74, 6) is -0.261. The molecule has 2 aliphatic rings. The van der Waals surface area contributed by atoms with Crippen molar-refractivity contribution in [3.05, 3.63) is 22.4 Å². The number of nitrogens with two attached hydrogens (primary N) is 1. The van der Waals surface area contributed by atoms with Gasteiger partial charge in [0.1, 0.15) is 5.82 Å². The van der Waals surface area contributed by atoms with Crippen LogP contribution in [0.4, 0.5) is 15.8 Å². The first-order chi connectivity index (χ1) is 9.16. The van der Waals surface area contributed by atoms with Gasteiger partial charge in [0, 0.05) is 12.6 Å². The van der Waals surface area contributed by atoms with E-state index in [2.05, 4.69) is 20.8 Å². The van der Waals surface area contributed by atoms with Crippen molar-refractivity contribution in [2.45, 2.75) is 37.8 Å². The Morgan fingerprint density at radius 2 is 2.11 bits per heavy atom. The molecule has 0 bridgehead atoms. The van der Waals surface area contributed by atoms with Crippen LogP contribution in [0.25, 0.3) is 0 Å². The molecule has 0 amide bonds. The summed E-state index contributed by atoms with van der Waals surface area (Å²) in [6.07, 6.45) is 4.90. The van der Waals surface area contributed by atoms with E-state index >= 15 is 0 Å². The second-order valence-electron chi connectivity index (χ2n) is 5.28. The van der Waals surface area contributed by atoms with E-state index in [1.807, 2.05) is 0 Å². The zero-order valence-electron chi connectivity index (χ0n) is 10.7. The van der Waals surface area contributed by atoms with Gasteiger partial charge in [-0.3, -0.25) is 0 Å². The molecular formula is C14H18BrFN2O. The number of benzene rings is 1. The number of ether oxygens (including phenoxy) is 1. The van der Waals surface area contributed by atoms with Gasteiger partial charge in [-0.1, -0.05) is 12.8 Å². The minimum Gasteiger partial charge on any atom is -0.397 e.